The van der Waals surface area contributed by atoms with E-state index in [2.05, 4.69) is 28.7 Å². The molecule has 5 nitrogen and oxygen atoms in total. The number of aromatic hydroxyl groups is 1. The minimum Gasteiger partial charge on any atom is -0.493 e. The van der Waals surface area contributed by atoms with E-state index < -0.39 is 0 Å². The third-order valence-electron chi connectivity index (χ3n) is 2.25. The van der Waals surface area contributed by atoms with Crippen LogP contribution in [0.1, 0.15) is 13.8 Å². The van der Waals surface area contributed by atoms with Gasteiger partial charge in [0.15, 0.2) is 5.16 Å². The Balaban J connectivity index is 2.45. The van der Waals surface area contributed by atoms with Crippen LogP contribution in [0.5, 0.6) is 5.88 Å². The SMILES string of the molecule is CCN(CC)CCSc1nc(O)cc(=O)[nH]1. The molecule has 0 aliphatic carbocycles. The van der Waals surface area contributed by atoms with Gasteiger partial charge in [-0.25, -0.2) is 0 Å². The van der Waals surface area contributed by atoms with Crippen molar-refractivity contribution in [2.24, 2.45) is 0 Å². The maximum atomic E-state index is 11.0. The van der Waals surface area contributed by atoms with Gasteiger partial charge in [0.25, 0.3) is 5.56 Å². The highest BCUT2D eigenvalue weighted by Gasteiger charge is 2.02. The Labute approximate surface area is 98.9 Å². The van der Waals surface area contributed by atoms with Crippen LogP contribution >= 0.6 is 11.8 Å². The van der Waals surface area contributed by atoms with Gasteiger partial charge in [-0.15, -0.1) is 0 Å². The number of hydrogen-bond acceptors (Lipinski definition) is 5. The van der Waals surface area contributed by atoms with Gasteiger partial charge >= 0.3 is 0 Å². The van der Waals surface area contributed by atoms with Gasteiger partial charge in [-0.1, -0.05) is 25.6 Å². The van der Waals surface area contributed by atoms with Crippen molar-refractivity contribution in [3.8, 4) is 5.88 Å². The van der Waals surface area contributed by atoms with Crippen molar-refractivity contribution in [1.29, 1.82) is 0 Å². The molecule has 0 radical (unpaired) electrons. The summed E-state index contributed by atoms with van der Waals surface area (Å²) >= 11 is 1.44. The van der Waals surface area contributed by atoms with Crippen molar-refractivity contribution >= 4 is 11.8 Å². The van der Waals surface area contributed by atoms with Crippen LogP contribution < -0.4 is 5.56 Å². The monoisotopic (exact) mass is 243 g/mol. The van der Waals surface area contributed by atoms with Gasteiger partial charge in [-0.2, -0.15) is 4.98 Å². The minimum atomic E-state index is -0.321. The van der Waals surface area contributed by atoms with E-state index >= 15 is 0 Å². The second-order valence-electron chi connectivity index (χ2n) is 3.28. The van der Waals surface area contributed by atoms with Gasteiger partial charge in [0.1, 0.15) is 0 Å². The largest absolute Gasteiger partial charge is 0.493 e. The Kier molecular flexibility index (Phi) is 5.34. The molecule has 1 rings (SSSR count). The number of nitrogens with one attached hydrogen (secondary N) is 1. The van der Waals surface area contributed by atoms with Crippen molar-refractivity contribution in [1.82, 2.24) is 14.9 Å². The molecule has 0 unspecified atom stereocenters. The first-order chi connectivity index (χ1) is 7.65. The second kappa shape index (κ2) is 6.55. The lowest BCUT2D eigenvalue weighted by Gasteiger charge is -2.16. The first-order valence-electron chi connectivity index (χ1n) is 5.31. The first-order valence-corrected chi connectivity index (χ1v) is 6.29. The second-order valence-corrected chi connectivity index (χ2v) is 4.37. The highest BCUT2D eigenvalue weighted by Crippen LogP contribution is 2.13. The van der Waals surface area contributed by atoms with Crippen molar-refractivity contribution in [3.63, 3.8) is 0 Å². The summed E-state index contributed by atoms with van der Waals surface area (Å²) in [5.41, 5.74) is -0.321. The highest BCUT2D eigenvalue weighted by atomic mass is 32.2. The Morgan fingerprint density at radius 2 is 2.19 bits per heavy atom. The fourth-order valence-electron chi connectivity index (χ4n) is 1.30. The molecule has 0 aromatic carbocycles. The Hall–Kier alpha value is -1.01. The van der Waals surface area contributed by atoms with E-state index in [4.69, 9.17) is 5.11 Å². The third kappa shape index (κ3) is 4.24. The quantitative estimate of drug-likeness (QED) is 0.574. The zero-order valence-electron chi connectivity index (χ0n) is 9.56. The zero-order chi connectivity index (χ0) is 12.0. The zero-order valence-corrected chi connectivity index (χ0v) is 10.4. The maximum absolute atomic E-state index is 11.0. The molecular weight excluding hydrogens is 226 g/mol. The van der Waals surface area contributed by atoms with E-state index in [1.54, 1.807) is 0 Å². The van der Waals surface area contributed by atoms with Crippen LogP contribution in [0.15, 0.2) is 16.0 Å². The first kappa shape index (κ1) is 13.1. The van der Waals surface area contributed by atoms with Gasteiger partial charge in [0.05, 0.1) is 6.07 Å². The molecule has 0 aliphatic rings. The molecule has 90 valence electrons. The summed E-state index contributed by atoms with van der Waals surface area (Å²) in [6, 6.07) is 1.06. The molecule has 2 N–H and O–H groups in total. The van der Waals surface area contributed by atoms with Crippen LogP contribution in [-0.4, -0.2) is 45.4 Å². The standard InChI is InChI=1S/C10H17N3O2S/c1-3-13(4-2)5-6-16-10-11-8(14)7-9(15)12-10/h7H,3-6H2,1-2H3,(H2,11,12,14,15). The molecular formula is C10H17N3O2S. The van der Waals surface area contributed by atoms with E-state index in [9.17, 15) is 4.79 Å². The molecule has 1 heterocycles. The third-order valence-corrected chi connectivity index (χ3v) is 3.10. The summed E-state index contributed by atoms with van der Waals surface area (Å²) < 4.78 is 0. The molecule has 6 heteroatoms. The summed E-state index contributed by atoms with van der Waals surface area (Å²) in [4.78, 5) is 19.7. The predicted octanol–water partition coefficient (Wildman–Crippen LogP) is 0.909. The summed E-state index contributed by atoms with van der Waals surface area (Å²) in [6.45, 7) is 7.20. The fourth-order valence-corrected chi connectivity index (χ4v) is 2.18. The molecule has 0 aliphatic heterocycles. The van der Waals surface area contributed by atoms with E-state index in [1.165, 1.54) is 11.8 Å². The van der Waals surface area contributed by atoms with Crippen LogP contribution in [0, 0.1) is 0 Å². The van der Waals surface area contributed by atoms with Crippen LogP contribution in [0.2, 0.25) is 0 Å². The lowest BCUT2D eigenvalue weighted by Crippen LogP contribution is -2.25. The number of aromatic nitrogens is 2. The molecule has 1 aromatic rings. The van der Waals surface area contributed by atoms with E-state index in [0.29, 0.717) is 5.16 Å². The van der Waals surface area contributed by atoms with Crippen LogP contribution in [-0.2, 0) is 0 Å². The lowest BCUT2D eigenvalue weighted by atomic mass is 10.5. The van der Waals surface area contributed by atoms with Gasteiger partial charge in [-0.3, -0.25) is 4.79 Å². The number of thioether (sulfide) groups is 1. The highest BCUT2D eigenvalue weighted by molar-refractivity contribution is 7.99. The average Bonchev–Trinajstić information content (AvgIpc) is 2.23. The van der Waals surface area contributed by atoms with Crippen molar-refractivity contribution in [2.45, 2.75) is 19.0 Å². The van der Waals surface area contributed by atoms with Gasteiger partial charge in [0.2, 0.25) is 5.88 Å². The smallest absolute Gasteiger partial charge is 0.255 e. The number of H-pyrrole nitrogens is 1. The molecule has 0 bridgehead atoms. The summed E-state index contributed by atoms with van der Waals surface area (Å²) in [5.74, 6) is 0.614. The molecule has 0 saturated carbocycles. The van der Waals surface area contributed by atoms with Gasteiger partial charge in [0, 0.05) is 12.3 Å². The topological polar surface area (TPSA) is 69.2 Å². The Bertz CT molecular complexity index is 377. The predicted molar refractivity (Wildman–Crippen MR) is 65.0 cm³/mol. The molecule has 16 heavy (non-hydrogen) atoms. The minimum absolute atomic E-state index is 0.228. The Morgan fingerprint density at radius 3 is 2.75 bits per heavy atom. The van der Waals surface area contributed by atoms with E-state index in [-0.39, 0.29) is 11.4 Å². The fraction of sp³-hybridized carbons (Fsp3) is 0.600. The molecule has 0 spiro atoms. The summed E-state index contributed by atoms with van der Waals surface area (Å²) in [5, 5.41) is 9.61. The number of nitrogens with zero attached hydrogens (tertiary/aromatic N) is 2. The van der Waals surface area contributed by atoms with E-state index in [0.717, 1.165) is 31.5 Å². The maximum Gasteiger partial charge on any atom is 0.255 e. The van der Waals surface area contributed by atoms with Crippen molar-refractivity contribution in [3.05, 3.63) is 16.4 Å². The molecule has 0 fully saturated rings. The van der Waals surface area contributed by atoms with Crippen molar-refractivity contribution in [2.75, 3.05) is 25.4 Å². The van der Waals surface area contributed by atoms with Crippen LogP contribution in [0.25, 0.3) is 0 Å². The van der Waals surface area contributed by atoms with Gasteiger partial charge < -0.3 is 15.0 Å². The molecule has 0 saturated heterocycles. The molecule has 0 atom stereocenters. The van der Waals surface area contributed by atoms with Gasteiger partial charge in [-0.05, 0) is 13.1 Å². The summed E-state index contributed by atoms with van der Waals surface area (Å²) in [6.07, 6.45) is 0. The van der Waals surface area contributed by atoms with Crippen molar-refractivity contribution < 1.29 is 5.11 Å². The number of rotatable bonds is 6. The van der Waals surface area contributed by atoms with Crippen LogP contribution in [0.3, 0.4) is 0 Å². The summed E-state index contributed by atoms with van der Waals surface area (Å²) in [7, 11) is 0. The number of hydrogen-bond donors (Lipinski definition) is 2. The average molecular weight is 243 g/mol. The Morgan fingerprint density at radius 1 is 1.50 bits per heavy atom. The lowest BCUT2D eigenvalue weighted by molar-refractivity contribution is 0.324. The normalized spacial score (nSPS) is 10.9. The van der Waals surface area contributed by atoms with Crippen LogP contribution in [0.4, 0.5) is 0 Å². The van der Waals surface area contributed by atoms with E-state index in [1.807, 2.05) is 0 Å². The number of aromatic amines is 1. The molecule has 1 aromatic heterocycles. The molecule has 0 amide bonds.